The lowest BCUT2D eigenvalue weighted by Gasteiger charge is -2.10. The third kappa shape index (κ3) is 1.27. The predicted molar refractivity (Wildman–Crippen MR) is 41.0 cm³/mol. The molecule has 1 aliphatic rings. The zero-order valence-corrected chi connectivity index (χ0v) is 7.13. The molecule has 0 aromatic carbocycles. The fourth-order valence-corrected chi connectivity index (χ4v) is 1.44. The first-order valence-corrected chi connectivity index (χ1v) is 3.81. The molecule has 1 unspecified atom stereocenters. The van der Waals surface area contributed by atoms with Crippen LogP contribution < -0.4 is 0 Å². The SMILES string of the molecule is CC(C)C1C(=O)CN(C)C1=O. The number of carbonyl (C=O) groups excluding carboxylic acids is 2. The number of likely N-dealkylation sites (N-methyl/N-ethyl adjacent to an activating group) is 1. The van der Waals surface area contributed by atoms with Crippen molar-refractivity contribution in [3.05, 3.63) is 0 Å². The van der Waals surface area contributed by atoms with E-state index in [0.29, 0.717) is 6.54 Å². The van der Waals surface area contributed by atoms with Gasteiger partial charge in [0.25, 0.3) is 0 Å². The van der Waals surface area contributed by atoms with Gasteiger partial charge in [-0.3, -0.25) is 9.59 Å². The summed E-state index contributed by atoms with van der Waals surface area (Å²) in [6, 6.07) is 0. The second-order valence-corrected chi connectivity index (χ2v) is 3.38. The van der Waals surface area contributed by atoms with E-state index in [9.17, 15) is 9.59 Å². The van der Waals surface area contributed by atoms with Crippen LogP contribution in [0.1, 0.15) is 13.8 Å². The van der Waals surface area contributed by atoms with Crippen molar-refractivity contribution in [1.29, 1.82) is 0 Å². The van der Waals surface area contributed by atoms with Gasteiger partial charge in [-0.2, -0.15) is 0 Å². The maximum Gasteiger partial charge on any atom is 0.233 e. The molecule has 0 aliphatic carbocycles. The third-order valence-corrected chi connectivity index (χ3v) is 2.05. The van der Waals surface area contributed by atoms with Crippen LogP contribution in [0.2, 0.25) is 0 Å². The summed E-state index contributed by atoms with van der Waals surface area (Å²) in [6.07, 6.45) is 0. The van der Waals surface area contributed by atoms with Gasteiger partial charge in [-0.15, -0.1) is 0 Å². The van der Waals surface area contributed by atoms with E-state index in [4.69, 9.17) is 0 Å². The lowest BCUT2D eigenvalue weighted by atomic mass is 9.94. The Labute approximate surface area is 66.4 Å². The molecule has 0 aromatic rings. The molecule has 0 radical (unpaired) electrons. The smallest absolute Gasteiger partial charge is 0.233 e. The fourth-order valence-electron chi connectivity index (χ4n) is 1.44. The predicted octanol–water partition coefficient (Wildman–Crippen LogP) is 0.300. The van der Waals surface area contributed by atoms with Crippen molar-refractivity contribution in [1.82, 2.24) is 4.90 Å². The van der Waals surface area contributed by atoms with Crippen LogP contribution in [0, 0.1) is 11.8 Å². The van der Waals surface area contributed by atoms with Crippen LogP contribution >= 0.6 is 0 Å². The highest BCUT2D eigenvalue weighted by Crippen LogP contribution is 2.20. The standard InChI is InChI=1S/C8H13NO2/c1-5(2)7-6(10)4-9(3)8(7)11/h5,7H,4H2,1-3H3. The van der Waals surface area contributed by atoms with Crippen molar-refractivity contribution in [2.75, 3.05) is 13.6 Å². The lowest BCUT2D eigenvalue weighted by molar-refractivity contribution is -0.132. The van der Waals surface area contributed by atoms with Gasteiger partial charge < -0.3 is 4.90 Å². The van der Waals surface area contributed by atoms with Crippen LogP contribution in [0.4, 0.5) is 0 Å². The molecular formula is C8H13NO2. The summed E-state index contributed by atoms with van der Waals surface area (Å²) in [5.41, 5.74) is 0. The Balaban J connectivity index is 2.80. The second-order valence-electron chi connectivity index (χ2n) is 3.38. The highest BCUT2D eigenvalue weighted by molar-refractivity contribution is 6.08. The van der Waals surface area contributed by atoms with E-state index in [1.54, 1.807) is 7.05 Å². The fraction of sp³-hybridized carbons (Fsp3) is 0.750. The van der Waals surface area contributed by atoms with E-state index in [0.717, 1.165) is 0 Å². The largest absolute Gasteiger partial charge is 0.338 e. The summed E-state index contributed by atoms with van der Waals surface area (Å²) in [6.45, 7) is 4.10. The van der Waals surface area contributed by atoms with Crippen molar-refractivity contribution in [2.45, 2.75) is 13.8 Å². The number of likely N-dealkylation sites (tertiary alicyclic amines) is 1. The van der Waals surface area contributed by atoms with Gasteiger partial charge in [-0.05, 0) is 5.92 Å². The van der Waals surface area contributed by atoms with Gasteiger partial charge in [0.1, 0.15) is 5.92 Å². The number of Topliss-reactive ketones (excluding diaryl/α,β-unsaturated/α-hetero) is 1. The van der Waals surface area contributed by atoms with E-state index in [2.05, 4.69) is 0 Å². The molecule has 11 heavy (non-hydrogen) atoms. The average Bonchev–Trinajstić information content (AvgIpc) is 2.07. The minimum atomic E-state index is -0.375. The van der Waals surface area contributed by atoms with Gasteiger partial charge in [0.05, 0.1) is 6.54 Å². The quantitative estimate of drug-likeness (QED) is 0.511. The first-order chi connectivity index (χ1) is 5.04. The minimum Gasteiger partial charge on any atom is -0.338 e. The molecule has 1 amide bonds. The number of nitrogens with zero attached hydrogens (tertiary/aromatic N) is 1. The summed E-state index contributed by atoms with van der Waals surface area (Å²) in [4.78, 5) is 23.9. The van der Waals surface area contributed by atoms with Crippen molar-refractivity contribution < 1.29 is 9.59 Å². The Morgan fingerprint density at radius 2 is 2.00 bits per heavy atom. The van der Waals surface area contributed by atoms with Gasteiger partial charge in [0.2, 0.25) is 5.91 Å². The molecule has 0 saturated carbocycles. The Morgan fingerprint density at radius 3 is 2.18 bits per heavy atom. The molecule has 3 nitrogen and oxygen atoms in total. The van der Waals surface area contributed by atoms with Crippen molar-refractivity contribution in [3.8, 4) is 0 Å². The number of hydrogen-bond donors (Lipinski definition) is 0. The highest BCUT2D eigenvalue weighted by atomic mass is 16.2. The Morgan fingerprint density at radius 1 is 1.45 bits per heavy atom. The van der Waals surface area contributed by atoms with E-state index in [-0.39, 0.29) is 23.5 Å². The van der Waals surface area contributed by atoms with Gasteiger partial charge in [-0.1, -0.05) is 13.8 Å². The summed E-state index contributed by atoms with van der Waals surface area (Å²) in [5, 5.41) is 0. The average molecular weight is 155 g/mol. The van der Waals surface area contributed by atoms with Gasteiger partial charge in [0.15, 0.2) is 5.78 Å². The summed E-state index contributed by atoms with van der Waals surface area (Å²) < 4.78 is 0. The summed E-state index contributed by atoms with van der Waals surface area (Å²) in [7, 11) is 1.67. The molecule has 3 heteroatoms. The number of rotatable bonds is 1. The number of carbonyl (C=O) groups is 2. The maximum atomic E-state index is 11.3. The van der Waals surface area contributed by atoms with Gasteiger partial charge >= 0.3 is 0 Å². The molecule has 1 saturated heterocycles. The van der Waals surface area contributed by atoms with Crippen LogP contribution in [0.25, 0.3) is 0 Å². The zero-order valence-electron chi connectivity index (χ0n) is 7.13. The molecule has 0 spiro atoms. The van der Waals surface area contributed by atoms with Gasteiger partial charge in [-0.25, -0.2) is 0 Å². The Bertz CT molecular complexity index is 198. The molecule has 1 rings (SSSR count). The van der Waals surface area contributed by atoms with Gasteiger partial charge in [0, 0.05) is 7.05 Å². The Hall–Kier alpha value is -0.860. The zero-order chi connectivity index (χ0) is 8.59. The molecular weight excluding hydrogens is 142 g/mol. The molecule has 1 atom stereocenters. The van der Waals surface area contributed by atoms with Crippen LogP contribution in [0.3, 0.4) is 0 Å². The topological polar surface area (TPSA) is 37.4 Å². The van der Waals surface area contributed by atoms with E-state index < -0.39 is 0 Å². The van der Waals surface area contributed by atoms with E-state index >= 15 is 0 Å². The number of ketones is 1. The van der Waals surface area contributed by atoms with Crippen LogP contribution in [0.5, 0.6) is 0 Å². The van der Waals surface area contributed by atoms with Crippen LogP contribution in [0.15, 0.2) is 0 Å². The monoisotopic (exact) mass is 155 g/mol. The minimum absolute atomic E-state index is 0.0231. The van der Waals surface area contributed by atoms with E-state index in [1.165, 1.54) is 4.90 Å². The first kappa shape index (κ1) is 8.24. The van der Waals surface area contributed by atoms with Crippen LogP contribution in [-0.4, -0.2) is 30.2 Å². The van der Waals surface area contributed by atoms with Crippen molar-refractivity contribution >= 4 is 11.7 Å². The molecule has 1 heterocycles. The van der Waals surface area contributed by atoms with Crippen molar-refractivity contribution in [2.24, 2.45) is 11.8 Å². The highest BCUT2D eigenvalue weighted by Gasteiger charge is 2.38. The number of hydrogen-bond acceptors (Lipinski definition) is 2. The summed E-state index contributed by atoms with van der Waals surface area (Å²) >= 11 is 0. The van der Waals surface area contributed by atoms with Crippen LogP contribution in [-0.2, 0) is 9.59 Å². The molecule has 0 aromatic heterocycles. The molecule has 1 fully saturated rings. The maximum absolute atomic E-state index is 11.3. The Kier molecular flexibility index (Phi) is 1.98. The third-order valence-electron chi connectivity index (χ3n) is 2.05. The number of amides is 1. The molecule has 1 aliphatic heterocycles. The normalized spacial score (nSPS) is 25.5. The summed E-state index contributed by atoms with van der Waals surface area (Å²) in [5.74, 6) is -0.197. The molecule has 0 bridgehead atoms. The molecule has 0 N–H and O–H groups in total. The molecule has 62 valence electrons. The first-order valence-electron chi connectivity index (χ1n) is 3.81. The van der Waals surface area contributed by atoms with E-state index in [1.807, 2.05) is 13.8 Å². The lowest BCUT2D eigenvalue weighted by Crippen LogP contribution is -2.25. The van der Waals surface area contributed by atoms with Crippen molar-refractivity contribution in [3.63, 3.8) is 0 Å². The second kappa shape index (κ2) is 2.64.